The summed E-state index contributed by atoms with van der Waals surface area (Å²) in [5.41, 5.74) is -0.486. The van der Waals surface area contributed by atoms with E-state index in [2.05, 4.69) is 11.7 Å². The first-order chi connectivity index (χ1) is 8.83. The van der Waals surface area contributed by atoms with Crippen LogP contribution < -0.4 is 0 Å². The molecule has 1 aliphatic heterocycles. The third-order valence-electron chi connectivity index (χ3n) is 3.22. The van der Waals surface area contributed by atoms with Crippen LogP contribution in [0.4, 0.5) is 4.79 Å². The van der Waals surface area contributed by atoms with Crippen molar-refractivity contribution in [1.82, 2.24) is 4.90 Å². The van der Waals surface area contributed by atoms with Crippen molar-refractivity contribution >= 4 is 12.8 Å². The summed E-state index contributed by atoms with van der Waals surface area (Å²) in [6.45, 7) is 10.5. The lowest BCUT2D eigenvalue weighted by atomic mass is 9.97. The Labute approximate surface area is 115 Å². The monoisotopic (exact) mass is 270 g/mol. The van der Waals surface area contributed by atoms with Gasteiger partial charge in [0.15, 0.2) is 0 Å². The maximum atomic E-state index is 12.1. The van der Waals surface area contributed by atoms with E-state index >= 15 is 0 Å². The Morgan fingerprint density at radius 2 is 2.21 bits per heavy atom. The van der Waals surface area contributed by atoms with Crippen LogP contribution in [0.3, 0.4) is 0 Å². The molecule has 0 radical (unpaired) electrons. The lowest BCUT2D eigenvalue weighted by Gasteiger charge is -2.29. The van der Waals surface area contributed by atoms with Gasteiger partial charge < -0.3 is 14.7 Å². The fourth-order valence-electron chi connectivity index (χ4n) is 2.26. The van der Waals surface area contributed by atoms with Gasteiger partial charge in [0, 0.05) is 19.0 Å². The van der Waals surface area contributed by atoms with Crippen molar-refractivity contribution in [3.8, 4) is 0 Å². The average molecular weight is 270 g/mol. The van der Waals surface area contributed by atoms with Crippen LogP contribution in [0.25, 0.3) is 0 Å². The summed E-state index contributed by atoms with van der Waals surface area (Å²) in [6.07, 6.45) is 2.05. The van der Waals surface area contributed by atoms with Gasteiger partial charge in [-0.15, -0.1) is 0 Å². The van der Waals surface area contributed by atoms with Crippen LogP contribution in [0.2, 0.25) is 0 Å². The molecule has 0 aromatic carbocycles. The average Bonchev–Trinajstić information content (AvgIpc) is 2.52. The fourth-order valence-corrected chi connectivity index (χ4v) is 2.26. The van der Waals surface area contributed by atoms with Gasteiger partial charge >= 0.3 is 6.09 Å². The van der Waals surface area contributed by atoms with Gasteiger partial charge in [-0.05, 0) is 40.3 Å². The quantitative estimate of drug-likeness (QED) is 0.799. The number of aliphatic hydroxyl groups excluding tert-OH is 1. The highest BCUT2D eigenvalue weighted by Gasteiger charge is 2.29. The molecule has 1 amide bonds. The van der Waals surface area contributed by atoms with Gasteiger partial charge in [-0.1, -0.05) is 6.42 Å². The molecule has 0 saturated carbocycles. The minimum Gasteiger partial charge on any atom is -0.444 e. The van der Waals surface area contributed by atoms with E-state index in [4.69, 9.17) is 4.74 Å². The molecule has 0 aromatic rings. The van der Waals surface area contributed by atoms with Gasteiger partial charge in [-0.2, -0.15) is 0 Å². The van der Waals surface area contributed by atoms with Crippen LogP contribution in [-0.2, 0) is 4.74 Å². The van der Waals surface area contributed by atoms with E-state index in [0.29, 0.717) is 19.6 Å². The standard InChI is InChI=1S/C14H26N2O3/c1-14(2,3)19-13(18)16-8-6-5-7-11(10-16)12(17)9-15-4/h11-12,17H,4-10H2,1-3H3. The number of rotatable bonds is 3. The lowest BCUT2D eigenvalue weighted by Crippen LogP contribution is -2.41. The molecular weight excluding hydrogens is 244 g/mol. The highest BCUT2D eigenvalue weighted by Crippen LogP contribution is 2.21. The van der Waals surface area contributed by atoms with E-state index in [1.54, 1.807) is 4.90 Å². The first-order valence-electron chi connectivity index (χ1n) is 6.92. The van der Waals surface area contributed by atoms with Gasteiger partial charge in [-0.25, -0.2) is 4.79 Å². The van der Waals surface area contributed by atoms with Gasteiger partial charge in [0.2, 0.25) is 0 Å². The largest absolute Gasteiger partial charge is 0.444 e. The molecule has 1 fully saturated rings. The number of carbonyl (C=O) groups is 1. The topological polar surface area (TPSA) is 62.1 Å². The Kier molecular flexibility index (Phi) is 5.79. The van der Waals surface area contributed by atoms with Gasteiger partial charge in [0.25, 0.3) is 0 Å². The van der Waals surface area contributed by atoms with Gasteiger partial charge in [0.05, 0.1) is 12.6 Å². The SMILES string of the molecule is C=NCC(O)C1CCCCN(C(=O)OC(C)(C)C)C1. The van der Waals surface area contributed by atoms with E-state index < -0.39 is 11.7 Å². The third kappa shape index (κ3) is 5.59. The molecule has 1 aliphatic rings. The van der Waals surface area contributed by atoms with E-state index in [1.807, 2.05) is 20.8 Å². The number of nitrogens with zero attached hydrogens (tertiary/aromatic N) is 2. The summed E-state index contributed by atoms with van der Waals surface area (Å²) in [7, 11) is 0. The Bertz CT molecular complexity index is 312. The second-order valence-electron chi connectivity index (χ2n) is 6.16. The zero-order chi connectivity index (χ0) is 14.5. The van der Waals surface area contributed by atoms with E-state index in [1.165, 1.54) is 0 Å². The number of aliphatic imine (C=N–C) groups is 1. The molecule has 110 valence electrons. The molecule has 5 nitrogen and oxygen atoms in total. The van der Waals surface area contributed by atoms with Crippen molar-refractivity contribution in [2.24, 2.45) is 10.9 Å². The predicted octanol–water partition coefficient (Wildman–Crippen LogP) is 2.09. The predicted molar refractivity (Wildman–Crippen MR) is 75.6 cm³/mol. The minimum absolute atomic E-state index is 0.0560. The smallest absolute Gasteiger partial charge is 0.410 e. The molecule has 0 bridgehead atoms. The lowest BCUT2D eigenvalue weighted by molar-refractivity contribution is 0.0174. The summed E-state index contributed by atoms with van der Waals surface area (Å²) in [5, 5.41) is 10.0. The van der Waals surface area contributed by atoms with Crippen molar-refractivity contribution in [1.29, 1.82) is 0 Å². The number of hydrogen-bond acceptors (Lipinski definition) is 4. The van der Waals surface area contributed by atoms with Crippen LogP contribution in [-0.4, -0.2) is 54.2 Å². The summed E-state index contributed by atoms with van der Waals surface area (Å²) >= 11 is 0. The Morgan fingerprint density at radius 3 is 2.79 bits per heavy atom. The molecule has 1 saturated heterocycles. The number of amides is 1. The van der Waals surface area contributed by atoms with E-state index in [0.717, 1.165) is 19.3 Å². The van der Waals surface area contributed by atoms with Gasteiger partial charge in [-0.3, -0.25) is 4.99 Å². The summed E-state index contributed by atoms with van der Waals surface area (Å²) in [4.78, 5) is 17.5. The normalized spacial score (nSPS) is 22.5. The highest BCUT2D eigenvalue weighted by atomic mass is 16.6. The van der Waals surface area contributed by atoms with Crippen molar-refractivity contribution in [3.05, 3.63) is 0 Å². The highest BCUT2D eigenvalue weighted by molar-refractivity contribution is 5.68. The Hall–Kier alpha value is -1.10. The fraction of sp³-hybridized carbons (Fsp3) is 0.857. The van der Waals surface area contributed by atoms with Crippen molar-refractivity contribution in [3.63, 3.8) is 0 Å². The Balaban J connectivity index is 2.62. The van der Waals surface area contributed by atoms with E-state index in [-0.39, 0.29) is 12.0 Å². The summed E-state index contributed by atoms with van der Waals surface area (Å²) in [5.74, 6) is 0.0560. The van der Waals surface area contributed by atoms with Crippen LogP contribution in [0.1, 0.15) is 40.0 Å². The molecule has 5 heteroatoms. The van der Waals surface area contributed by atoms with Crippen LogP contribution in [0.5, 0.6) is 0 Å². The summed E-state index contributed by atoms with van der Waals surface area (Å²) < 4.78 is 5.39. The number of hydrogen-bond donors (Lipinski definition) is 1. The minimum atomic E-state index is -0.527. The molecule has 1 N–H and O–H groups in total. The first kappa shape index (κ1) is 16.0. The number of likely N-dealkylation sites (tertiary alicyclic amines) is 1. The third-order valence-corrected chi connectivity index (χ3v) is 3.22. The van der Waals surface area contributed by atoms with Crippen molar-refractivity contribution in [2.75, 3.05) is 19.6 Å². The van der Waals surface area contributed by atoms with Crippen LogP contribution in [0, 0.1) is 5.92 Å². The van der Waals surface area contributed by atoms with Crippen molar-refractivity contribution in [2.45, 2.75) is 51.7 Å². The molecule has 0 aliphatic carbocycles. The second kappa shape index (κ2) is 6.89. The first-order valence-corrected chi connectivity index (χ1v) is 6.92. The van der Waals surface area contributed by atoms with Gasteiger partial charge in [0.1, 0.15) is 5.60 Å². The molecule has 1 heterocycles. The van der Waals surface area contributed by atoms with E-state index in [9.17, 15) is 9.90 Å². The summed E-state index contributed by atoms with van der Waals surface area (Å²) in [6, 6.07) is 0. The molecular formula is C14H26N2O3. The molecule has 19 heavy (non-hydrogen) atoms. The van der Waals surface area contributed by atoms with Crippen LogP contribution >= 0.6 is 0 Å². The number of aliphatic hydroxyl groups is 1. The zero-order valence-electron chi connectivity index (χ0n) is 12.3. The number of carbonyl (C=O) groups excluding carboxylic acids is 1. The second-order valence-corrected chi connectivity index (χ2v) is 6.16. The van der Waals surface area contributed by atoms with Crippen molar-refractivity contribution < 1.29 is 14.6 Å². The molecule has 1 rings (SSSR count). The molecule has 2 atom stereocenters. The number of ether oxygens (including phenoxy) is 1. The Morgan fingerprint density at radius 1 is 1.53 bits per heavy atom. The zero-order valence-corrected chi connectivity index (χ0v) is 12.3. The van der Waals surface area contributed by atoms with Crippen LogP contribution in [0.15, 0.2) is 4.99 Å². The maximum absolute atomic E-state index is 12.1. The molecule has 0 aromatic heterocycles. The maximum Gasteiger partial charge on any atom is 0.410 e. The molecule has 0 spiro atoms. The molecule has 2 unspecified atom stereocenters.